The lowest BCUT2D eigenvalue weighted by molar-refractivity contribution is -0.128. The second-order valence-corrected chi connectivity index (χ2v) is 7.33. The van der Waals surface area contributed by atoms with Gasteiger partial charge in [0.1, 0.15) is 5.82 Å². The van der Waals surface area contributed by atoms with Crippen LogP contribution in [0.2, 0.25) is 0 Å². The van der Waals surface area contributed by atoms with Gasteiger partial charge in [-0.25, -0.2) is 4.39 Å². The third-order valence-corrected chi connectivity index (χ3v) is 5.21. The van der Waals surface area contributed by atoms with E-state index in [9.17, 15) is 14.0 Å². The van der Waals surface area contributed by atoms with Crippen molar-refractivity contribution < 1.29 is 14.0 Å². The molecule has 25 heavy (non-hydrogen) atoms. The molecule has 132 valence electrons. The Morgan fingerprint density at radius 2 is 2.08 bits per heavy atom. The molecule has 4 nitrogen and oxygen atoms in total. The minimum absolute atomic E-state index is 0.00186. The summed E-state index contributed by atoms with van der Waals surface area (Å²) in [6, 6.07) is 10.1. The van der Waals surface area contributed by atoms with Crippen LogP contribution in [0.4, 0.5) is 4.39 Å². The second kappa shape index (κ2) is 8.25. The molecule has 1 N–H and O–H groups in total. The number of aryl methyl sites for hydroxylation is 1. The van der Waals surface area contributed by atoms with Crippen molar-refractivity contribution in [1.29, 1.82) is 0 Å². The zero-order chi connectivity index (χ0) is 17.6. The summed E-state index contributed by atoms with van der Waals surface area (Å²) in [6.07, 6.45) is 2.52. The van der Waals surface area contributed by atoms with E-state index >= 15 is 0 Å². The van der Waals surface area contributed by atoms with Gasteiger partial charge >= 0.3 is 0 Å². The van der Waals surface area contributed by atoms with Gasteiger partial charge in [0.15, 0.2) is 0 Å². The maximum atomic E-state index is 12.9. The molecule has 0 aliphatic carbocycles. The molecule has 0 bridgehead atoms. The first-order chi connectivity index (χ1) is 12.1. The van der Waals surface area contributed by atoms with Crippen LogP contribution in [0.3, 0.4) is 0 Å². The van der Waals surface area contributed by atoms with Crippen LogP contribution in [0.1, 0.15) is 29.7 Å². The third kappa shape index (κ3) is 5.13. The highest BCUT2D eigenvalue weighted by Crippen LogP contribution is 2.16. The number of hydrogen-bond donors (Lipinski definition) is 1. The van der Waals surface area contributed by atoms with Gasteiger partial charge in [-0.3, -0.25) is 9.59 Å². The van der Waals surface area contributed by atoms with E-state index in [-0.39, 0.29) is 23.7 Å². The number of thiophene rings is 1. The predicted molar refractivity (Wildman–Crippen MR) is 95.6 cm³/mol. The number of carbonyl (C=O) groups excluding carboxylic acids is 2. The van der Waals surface area contributed by atoms with Crippen LogP contribution in [0.15, 0.2) is 41.8 Å². The Kier molecular flexibility index (Phi) is 5.81. The largest absolute Gasteiger partial charge is 0.351 e. The number of rotatable bonds is 7. The number of nitrogens with one attached hydrogen (secondary N) is 1. The van der Waals surface area contributed by atoms with Crippen molar-refractivity contribution in [3.8, 4) is 0 Å². The number of nitrogens with zero attached hydrogens (tertiary/aromatic N) is 1. The van der Waals surface area contributed by atoms with Crippen molar-refractivity contribution in [3.05, 3.63) is 58.0 Å². The van der Waals surface area contributed by atoms with E-state index in [2.05, 4.69) is 11.4 Å². The Bertz CT molecular complexity index is 716. The molecule has 1 aromatic carbocycles. The number of likely N-dealkylation sites (tertiary alicyclic amines) is 1. The van der Waals surface area contributed by atoms with Crippen LogP contribution in [-0.4, -0.2) is 29.3 Å². The average Bonchev–Trinajstić information content (AvgIpc) is 3.20. The van der Waals surface area contributed by atoms with Crippen LogP contribution in [0.25, 0.3) is 0 Å². The van der Waals surface area contributed by atoms with E-state index in [4.69, 9.17) is 0 Å². The molecular formula is C19H21FN2O2S. The molecule has 0 saturated carbocycles. The number of benzene rings is 1. The van der Waals surface area contributed by atoms with E-state index < -0.39 is 0 Å². The van der Waals surface area contributed by atoms with Crippen molar-refractivity contribution in [2.24, 2.45) is 0 Å². The lowest BCUT2D eigenvalue weighted by Crippen LogP contribution is -2.36. The van der Waals surface area contributed by atoms with Gasteiger partial charge in [0, 0.05) is 30.8 Å². The Morgan fingerprint density at radius 3 is 2.80 bits per heavy atom. The molecule has 1 aromatic heterocycles. The lowest BCUT2D eigenvalue weighted by Gasteiger charge is -2.17. The van der Waals surface area contributed by atoms with Gasteiger partial charge in [-0.05, 0) is 42.0 Å². The van der Waals surface area contributed by atoms with E-state index in [1.165, 1.54) is 17.0 Å². The van der Waals surface area contributed by atoms with Crippen molar-refractivity contribution in [2.45, 2.75) is 38.3 Å². The number of carbonyl (C=O) groups is 2. The normalized spacial score (nSPS) is 17.1. The smallest absolute Gasteiger partial charge is 0.225 e. The molecular weight excluding hydrogens is 339 g/mol. The quantitative estimate of drug-likeness (QED) is 0.825. The summed E-state index contributed by atoms with van der Waals surface area (Å²) in [6.45, 7) is 0.955. The summed E-state index contributed by atoms with van der Waals surface area (Å²) in [5.74, 6) is -0.268. The molecule has 2 aromatic rings. The zero-order valence-corrected chi connectivity index (χ0v) is 14.7. The van der Waals surface area contributed by atoms with Gasteiger partial charge in [0.2, 0.25) is 11.8 Å². The molecule has 6 heteroatoms. The Balaban J connectivity index is 1.42. The standard InChI is InChI=1S/C19H21FN2O2S/c20-15-8-6-14(7-9-15)12-22-13-16(11-19(22)24)21-18(23)5-1-3-17-4-2-10-25-17/h2,4,6-10,16H,1,3,5,11-13H2,(H,21,23). The highest BCUT2D eigenvalue weighted by Gasteiger charge is 2.30. The third-order valence-electron chi connectivity index (χ3n) is 4.27. The molecule has 3 rings (SSSR count). The maximum Gasteiger partial charge on any atom is 0.225 e. The fourth-order valence-electron chi connectivity index (χ4n) is 3.01. The summed E-state index contributed by atoms with van der Waals surface area (Å²) in [4.78, 5) is 27.2. The van der Waals surface area contributed by atoms with Crippen molar-refractivity contribution in [3.63, 3.8) is 0 Å². The number of hydrogen-bond acceptors (Lipinski definition) is 3. The number of amides is 2. The van der Waals surface area contributed by atoms with Gasteiger partial charge in [0.05, 0.1) is 6.04 Å². The van der Waals surface area contributed by atoms with E-state index in [1.807, 2.05) is 11.4 Å². The Labute approximate surface area is 150 Å². The Morgan fingerprint density at radius 1 is 1.28 bits per heavy atom. The topological polar surface area (TPSA) is 49.4 Å². The van der Waals surface area contributed by atoms with E-state index in [1.54, 1.807) is 28.4 Å². The van der Waals surface area contributed by atoms with Gasteiger partial charge in [-0.2, -0.15) is 0 Å². The van der Waals surface area contributed by atoms with Crippen LogP contribution in [0.5, 0.6) is 0 Å². The fraction of sp³-hybridized carbons (Fsp3) is 0.368. The fourth-order valence-corrected chi connectivity index (χ4v) is 3.76. The summed E-state index contributed by atoms with van der Waals surface area (Å²) >= 11 is 1.70. The first-order valence-electron chi connectivity index (χ1n) is 8.44. The van der Waals surface area contributed by atoms with Crippen LogP contribution in [-0.2, 0) is 22.6 Å². The summed E-state index contributed by atoms with van der Waals surface area (Å²) < 4.78 is 12.9. The van der Waals surface area contributed by atoms with Crippen LogP contribution >= 0.6 is 11.3 Å². The summed E-state index contributed by atoms with van der Waals surface area (Å²) in [5.41, 5.74) is 0.887. The minimum Gasteiger partial charge on any atom is -0.351 e. The van der Waals surface area contributed by atoms with E-state index in [0.717, 1.165) is 18.4 Å². The Hall–Kier alpha value is -2.21. The molecule has 1 fully saturated rings. The van der Waals surface area contributed by atoms with Crippen LogP contribution in [0, 0.1) is 5.82 Å². The second-order valence-electron chi connectivity index (χ2n) is 6.30. The van der Waals surface area contributed by atoms with Crippen molar-refractivity contribution in [1.82, 2.24) is 10.2 Å². The highest BCUT2D eigenvalue weighted by molar-refractivity contribution is 7.09. The molecule has 0 radical (unpaired) electrons. The first-order valence-corrected chi connectivity index (χ1v) is 9.32. The van der Waals surface area contributed by atoms with Gasteiger partial charge < -0.3 is 10.2 Å². The lowest BCUT2D eigenvalue weighted by atomic mass is 10.2. The molecule has 0 spiro atoms. The average molecular weight is 360 g/mol. The molecule has 1 aliphatic rings. The van der Waals surface area contributed by atoms with E-state index in [0.29, 0.717) is 25.9 Å². The maximum absolute atomic E-state index is 12.9. The first kappa shape index (κ1) is 17.6. The van der Waals surface area contributed by atoms with Gasteiger partial charge in [-0.1, -0.05) is 18.2 Å². The van der Waals surface area contributed by atoms with Crippen molar-refractivity contribution >= 4 is 23.2 Å². The molecule has 1 unspecified atom stereocenters. The minimum atomic E-state index is -0.288. The van der Waals surface area contributed by atoms with Crippen LogP contribution < -0.4 is 5.32 Å². The molecule has 2 amide bonds. The predicted octanol–water partition coefficient (Wildman–Crippen LogP) is 3.13. The monoisotopic (exact) mass is 360 g/mol. The van der Waals surface area contributed by atoms with Gasteiger partial charge in [-0.15, -0.1) is 11.3 Å². The SMILES string of the molecule is O=C(CCCc1cccs1)NC1CC(=O)N(Cc2ccc(F)cc2)C1. The zero-order valence-electron chi connectivity index (χ0n) is 13.9. The highest BCUT2D eigenvalue weighted by atomic mass is 32.1. The summed E-state index contributed by atoms with van der Waals surface area (Å²) in [5, 5.41) is 4.99. The summed E-state index contributed by atoms with van der Waals surface area (Å²) in [7, 11) is 0. The van der Waals surface area contributed by atoms with Crippen molar-refractivity contribution in [2.75, 3.05) is 6.54 Å². The molecule has 1 saturated heterocycles. The molecule has 1 atom stereocenters. The number of halogens is 1. The molecule has 2 heterocycles. The molecule has 1 aliphatic heterocycles. The van der Waals surface area contributed by atoms with Gasteiger partial charge in [0.25, 0.3) is 0 Å².